The van der Waals surface area contributed by atoms with E-state index >= 15 is 0 Å². The van der Waals surface area contributed by atoms with Gasteiger partial charge < -0.3 is 5.11 Å². The summed E-state index contributed by atoms with van der Waals surface area (Å²) in [5.74, 6) is -4.52. The van der Waals surface area contributed by atoms with Crippen LogP contribution in [0.15, 0.2) is 23.1 Å². The lowest BCUT2D eigenvalue weighted by atomic mass is 10.2. The monoisotopic (exact) mass is 294 g/mol. The zero-order valence-electron chi connectivity index (χ0n) is 9.40. The molecule has 0 atom stereocenters. The largest absolute Gasteiger partial charge is 0.390 e. The minimum atomic E-state index is -4.31. The van der Waals surface area contributed by atoms with E-state index in [-0.39, 0.29) is 0 Å². The third kappa shape index (κ3) is 3.92. The first kappa shape index (κ1) is 15.4. The van der Waals surface area contributed by atoms with Crippen molar-refractivity contribution in [2.75, 3.05) is 13.2 Å². The highest BCUT2D eigenvalue weighted by molar-refractivity contribution is 7.89. The van der Waals surface area contributed by atoms with E-state index in [1.54, 1.807) is 4.72 Å². The lowest BCUT2D eigenvalue weighted by Gasteiger charge is -2.14. The van der Waals surface area contributed by atoms with E-state index in [0.29, 0.717) is 0 Å². The molecule has 0 saturated heterocycles. The lowest BCUT2D eigenvalue weighted by Crippen LogP contribution is -2.38. The molecule has 0 aliphatic carbocycles. The van der Waals surface area contributed by atoms with Gasteiger partial charge in [-0.3, -0.25) is 0 Å². The second-order valence-electron chi connectivity index (χ2n) is 3.59. The Labute approximate surface area is 107 Å². The maximum Gasteiger partial charge on any atom is 0.283 e. The van der Waals surface area contributed by atoms with Crippen LogP contribution in [0.1, 0.15) is 5.56 Å². The number of alkyl halides is 2. The van der Waals surface area contributed by atoms with Crippen LogP contribution < -0.4 is 4.72 Å². The summed E-state index contributed by atoms with van der Waals surface area (Å²) in [7, 11) is -4.31. The molecule has 0 amide bonds. The summed E-state index contributed by atoms with van der Waals surface area (Å²) in [6.07, 6.45) is 0. The number of aliphatic hydroxyl groups is 1. The number of nitrogens with zero attached hydrogens (tertiary/aromatic N) is 1. The molecule has 0 saturated carbocycles. The molecule has 9 heteroatoms. The maximum absolute atomic E-state index is 13.0. The molecular formula is C10H9F3N2O3S. The molecule has 0 heterocycles. The predicted molar refractivity (Wildman–Crippen MR) is 58.3 cm³/mol. The number of aliphatic hydroxyl groups excluding tert-OH is 1. The van der Waals surface area contributed by atoms with E-state index < -0.39 is 45.4 Å². The number of rotatable bonds is 5. The second kappa shape index (κ2) is 5.56. The van der Waals surface area contributed by atoms with Crippen molar-refractivity contribution in [3.63, 3.8) is 0 Å². The maximum atomic E-state index is 13.0. The van der Waals surface area contributed by atoms with Gasteiger partial charge in [-0.25, -0.2) is 26.3 Å². The van der Waals surface area contributed by atoms with E-state index in [9.17, 15) is 21.6 Å². The molecular weight excluding hydrogens is 285 g/mol. The first-order valence-corrected chi connectivity index (χ1v) is 6.38. The first-order valence-electron chi connectivity index (χ1n) is 4.90. The number of hydrogen-bond donors (Lipinski definition) is 2. The van der Waals surface area contributed by atoms with Crippen LogP contribution in [0.2, 0.25) is 0 Å². The molecule has 0 radical (unpaired) electrons. The number of benzene rings is 1. The molecule has 0 aliphatic rings. The fourth-order valence-electron chi connectivity index (χ4n) is 1.10. The Morgan fingerprint density at radius 2 is 2.05 bits per heavy atom. The van der Waals surface area contributed by atoms with Gasteiger partial charge in [0.1, 0.15) is 18.5 Å². The van der Waals surface area contributed by atoms with Gasteiger partial charge in [0.2, 0.25) is 10.0 Å². The second-order valence-corrected chi connectivity index (χ2v) is 5.36. The van der Waals surface area contributed by atoms with Crippen LogP contribution in [0.5, 0.6) is 0 Å². The summed E-state index contributed by atoms with van der Waals surface area (Å²) in [6.45, 7) is -2.81. The Morgan fingerprint density at radius 1 is 1.42 bits per heavy atom. The summed E-state index contributed by atoms with van der Waals surface area (Å²) in [5.41, 5.74) is -0.517. The van der Waals surface area contributed by atoms with Crippen LogP contribution in [0.25, 0.3) is 0 Å². The number of hydrogen-bond acceptors (Lipinski definition) is 4. The van der Waals surface area contributed by atoms with E-state index in [0.717, 1.165) is 18.2 Å². The van der Waals surface area contributed by atoms with Crippen LogP contribution in [0.3, 0.4) is 0 Å². The highest BCUT2D eigenvalue weighted by Gasteiger charge is 2.30. The number of sulfonamides is 1. The summed E-state index contributed by atoms with van der Waals surface area (Å²) in [5, 5.41) is 16.9. The van der Waals surface area contributed by atoms with Gasteiger partial charge in [-0.05, 0) is 18.2 Å². The number of nitrogens with one attached hydrogen (secondary N) is 1. The van der Waals surface area contributed by atoms with Crippen LogP contribution in [-0.4, -0.2) is 32.6 Å². The van der Waals surface area contributed by atoms with Crippen molar-refractivity contribution in [2.24, 2.45) is 0 Å². The van der Waals surface area contributed by atoms with E-state index in [1.807, 2.05) is 0 Å². The molecule has 0 aromatic heterocycles. The molecule has 1 aromatic rings. The molecule has 0 fully saturated rings. The van der Waals surface area contributed by atoms with E-state index in [4.69, 9.17) is 10.4 Å². The van der Waals surface area contributed by atoms with Gasteiger partial charge >= 0.3 is 0 Å². The molecule has 1 aromatic carbocycles. The van der Waals surface area contributed by atoms with E-state index in [2.05, 4.69) is 0 Å². The summed E-state index contributed by atoms with van der Waals surface area (Å²) < 4.78 is 63.2. The fourth-order valence-corrected chi connectivity index (χ4v) is 2.19. The zero-order valence-corrected chi connectivity index (χ0v) is 10.2. The minimum absolute atomic E-state index is 0.515. The van der Waals surface area contributed by atoms with Crippen LogP contribution in [0, 0.1) is 17.1 Å². The highest BCUT2D eigenvalue weighted by atomic mass is 32.2. The number of nitriles is 1. The van der Waals surface area contributed by atoms with Crippen molar-refractivity contribution < 1.29 is 26.7 Å². The van der Waals surface area contributed by atoms with Gasteiger partial charge in [0.15, 0.2) is 0 Å². The summed E-state index contributed by atoms with van der Waals surface area (Å²) in [4.78, 5) is -0.515. The summed E-state index contributed by atoms with van der Waals surface area (Å²) in [6, 6.07) is 3.76. The fraction of sp³-hybridized carbons (Fsp3) is 0.300. The van der Waals surface area contributed by atoms with Gasteiger partial charge in [-0.1, -0.05) is 0 Å². The van der Waals surface area contributed by atoms with Crippen molar-refractivity contribution in [3.8, 4) is 6.07 Å². The lowest BCUT2D eigenvalue weighted by molar-refractivity contribution is -0.0437. The van der Waals surface area contributed by atoms with Crippen LogP contribution in [0.4, 0.5) is 13.2 Å². The van der Waals surface area contributed by atoms with E-state index in [1.165, 1.54) is 6.07 Å². The number of halogens is 3. The van der Waals surface area contributed by atoms with Crippen molar-refractivity contribution >= 4 is 10.0 Å². The quantitative estimate of drug-likeness (QED) is 0.832. The zero-order chi connectivity index (χ0) is 14.7. The average Bonchev–Trinajstić information content (AvgIpc) is 2.37. The predicted octanol–water partition coefficient (Wildman–Crippen LogP) is 0.603. The van der Waals surface area contributed by atoms with Gasteiger partial charge in [0.25, 0.3) is 5.92 Å². The topological polar surface area (TPSA) is 90.2 Å². The summed E-state index contributed by atoms with van der Waals surface area (Å²) >= 11 is 0. The van der Waals surface area contributed by atoms with Gasteiger partial charge in [0.05, 0.1) is 17.0 Å². The molecule has 19 heavy (non-hydrogen) atoms. The molecule has 104 valence electrons. The molecule has 5 nitrogen and oxygen atoms in total. The third-order valence-electron chi connectivity index (χ3n) is 2.12. The van der Waals surface area contributed by atoms with Gasteiger partial charge in [-0.2, -0.15) is 5.26 Å². The van der Waals surface area contributed by atoms with Crippen molar-refractivity contribution in [1.29, 1.82) is 5.26 Å². The van der Waals surface area contributed by atoms with Gasteiger partial charge in [0, 0.05) is 0 Å². The van der Waals surface area contributed by atoms with Crippen molar-refractivity contribution in [3.05, 3.63) is 29.6 Å². The SMILES string of the molecule is N#Cc1cc(S(=O)(=O)NCC(F)(F)CO)ccc1F. The van der Waals surface area contributed by atoms with Gasteiger partial charge in [-0.15, -0.1) is 0 Å². The Kier molecular flexibility index (Phi) is 4.52. The van der Waals surface area contributed by atoms with Crippen molar-refractivity contribution in [1.82, 2.24) is 4.72 Å². The molecule has 0 bridgehead atoms. The Morgan fingerprint density at radius 3 is 2.58 bits per heavy atom. The molecule has 0 unspecified atom stereocenters. The van der Waals surface area contributed by atoms with Crippen LogP contribution in [-0.2, 0) is 10.0 Å². The third-order valence-corrected chi connectivity index (χ3v) is 3.52. The highest BCUT2D eigenvalue weighted by Crippen LogP contribution is 2.16. The molecule has 2 N–H and O–H groups in total. The minimum Gasteiger partial charge on any atom is -0.390 e. The first-order chi connectivity index (χ1) is 8.72. The average molecular weight is 294 g/mol. The standard InChI is InChI=1S/C10H9F3N2O3S/c11-9-2-1-8(3-7(9)4-14)19(17,18)15-5-10(12,13)6-16/h1-3,15-16H,5-6H2. The Bertz CT molecular complexity index is 611. The molecule has 1 rings (SSSR count). The Balaban J connectivity index is 2.99. The van der Waals surface area contributed by atoms with Crippen molar-refractivity contribution in [2.45, 2.75) is 10.8 Å². The Hall–Kier alpha value is -1.63. The molecule has 0 spiro atoms. The van der Waals surface area contributed by atoms with Crippen LogP contribution >= 0.6 is 0 Å². The smallest absolute Gasteiger partial charge is 0.283 e. The normalized spacial score (nSPS) is 12.2. The molecule has 0 aliphatic heterocycles.